The van der Waals surface area contributed by atoms with E-state index in [1.807, 2.05) is 12.3 Å². The van der Waals surface area contributed by atoms with Crippen molar-refractivity contribution >= 4 is 44.1 Å². The minimum absolute atomic E-state index is 0.123. The van der Waals surface area contributed by atoms with Crippen molar-refractivity contribution in [3.8, 4) is 0 Å². The predicted octanol–water partition coefficient (Wildman–Crippen LogP) is 3.91. The first kappa shape index (κ1) is 15.5. The summed E-state index contributed by atoms with van der Waals surface area (Å²) in [4.78, 5) is 23.8. The average Bonchev–Trinajstić information content (AvgIpc) is 3.19. The fourth-order valence-electron chi connectivity index (χ4n) is 1.95. The van der Waals surface area contributed by atoms with Gasteiger partial charge in [-0.15, -0.1) is 11.3 Å². The Morgan fingerprint density at radius 1 is 1.50 bits per heavy atom. The summed E-state index contributed by atoms with van der Waals surface area (Å²) >= 11 is 4.72. The summed E-state index contributed by atoms with van der Waals surface area (Å²) < 4.78 is 5.12. The first-order valence-corrected chi connectivity index (χ1v) is 8.61. The number of carbonyl (C=O) groups excluding carboxylic acids is 2. The number of esters is 1. The predicted molar refractivity (Wildman–Crippen MR) is 83.9 cm³/mol. The number of alkyl halides is 1. The molecule has 1 amide bonds. The lowest BCUT2D eigenvalue weighted by molar-refractivity contribution is -0.115. The summed E-state index contributed by atoms with van der Waals surface area (Å²) in [5.41, 5.74) is 1.56. The van der Waals surface area contributed by atoms with Gasteiger partial charge in [0.15, 0.2) is 0 Å². The number of halogens is 1. The van der Waals surface area contributed by atoms with Gasteiger partial charge >= 0.3 is 5.97 Å². The second-order valence-electron chi connectivity index (χ2n) is 4.75. The van der Waals surface area contributed by atoms with E-state index < -0.39 is 0 Å². The number of anilines is 1. The fourth-order valence-corrected chi connectivity index (χ4v) is 3.10. The molecule has 1 heterocycles. The van der Waals surface area contributed by atoms with Gasteiger partial charge in [-0.2, -0.15) is 0 Å². The first-order chi connectivity index (χ1) is 9.58. The van der Waals surface area contributed by atoms with Crippen LogP contribution in [0.4, 0.5) is 5.00 Å². The van der Waals surface area contributed by atoms with Gasteiger partial charge in [-0.1, -0.05) is 22.9 Å². The topological polar surface area (TPSA) is 55.4 Å². The van der Waals surface area contributed by atoms with E-state index in [2.05, 4.69) is 21.2 Å². The maximum Gasteiger partial charge on any atom is 0.341 e. The average molecular weight is 360 g/mol. The van der Waals surface area contributed by atoms with Crippen LogP contribution >= 0.6 is 27.3 Å². The van der Waals surface area contributed by atoms with E-state index in [9.17, 15) is 9.59 Å². The number of hydrogen-bond acceptors (Lipinski definition) is 4. The number of nitrogens with one attached hydrogen (secondary N) is 1. The van der Waals surface area contributed by atoms with Gasteiger partial charge in [0.2, 0.25) is 5.91 Å². The van der Waals surface area contributed by atoms with Crippen molar-refractivity contribution in [2.45, 2.75) is 43.9 Å². The number of ether oxygens (including phenoxy) is 1. The second kappa shape index (κ2) is 6.72. The minimum Gasteiger partial charge on any atom is -0.462 e. The van der Waals surface area contributed by atoms with E-state index in [1.165, 1.54) is 11.3 Å². The third-order valence-electron chi connectivity index (χ3n) is 3.20. The summed E-state index contributed by atoms with van der Waals surface area (Å²) in [6, 6.07) is 0. The summed E-state index contributed by atoms with van der Waals surface area (Å²) in [6.07, 6.45) is 2.90. The molecule has 1 fully saturated rings. The van der Waals surface area contributed by atoms with Gasteiger partial charge < -0.3 is 10.1 Å². The molecule has 6 heteroatoms. The molecule has 1 unspecified atom stereocenters. The van der Waals surface area contributed by atoms with Crippen LogP contribution in [0.1, 0.15) is 54.9 Å². The lowest BCUT2D eigenvalue weighted by Gasteiger charge is -2.10. The van der Waals surface area contributed by atoms with E-state index in [1.54, 1.807) is 6.92 Å². The molecule has 0 bridgehead atoms. The van der Waals surface area contributed by atoms with E-state index in [0.717, 1.165) is 18.4 Å². The second-order valence-corrected chi connectivity index (χ2v) is 6.74. The van der Waals surface area contributed by atoms with Crippen LogP contribution in [-0.2, 0) is 9.53 Å². The van der Waals surface area contributed by atoms with Crippen LogP contribution in [0, 0.1) is 0 Å². The van der Waals surface area contributed by atoms with Crippen LogP contribution < -0.4 is 5.32 Å². The van der Waals surface area contributed by atoms with Crippen molar-refractivity contribution in [1.29, 1.82) is 0 Å². The Bertz CT molecular complexity index is 511. The lowest BCUT2D eigenvalue weighted by Crippen LogP contribution is -2.23. The van der Waals surface area contributed by atoms with Crippen LogP contribution in [0.25, 0.3) is 0 Å². The van der Waals surface area contributed by atoms with Gasteiger partial charge in [0.1, 0.15) is 5.00 Å². The van der Waals surface area contributed by atoms with Crippen molar-refractivity contribution in [3.63, 3.8) is 0 Å². The lowest BCUT2D eigenvalue weighted by atomic mass is 10.1. The van der Waals surface area contributed by atoms with Gasteiger partial charge in [-0.05, 0) is 43.0 Å². The van der Waals surface area contributed by atoms with E-state index in [0.29, 0.717) is 29.5 Å². The van der Waals surface area contributed by atoms with Crippen molar-refractivity contribution in [2.24, 2.45) is 0 Å². The Morgan fingerprint density at radius 3 is 2.75 bits per heavy atom. The highest BCUT2D eigenvalue weighted by Crippen LogP contribution is 2.46. The van der Waals surface area contributed by atoms with Crippen molar-refractivity contribution in [2.75, 3.05) is 11.9 Å². The monoisotopic (exact) mass is 359 g/mol. The number of amides is 1. The van der Waals surface area contributed by atoms with E-state index in [-0.39, 0.29) is 16.7 Å². The molecule has 0 aliphatic heterocycles. The number of thiophene rings is 1. The summed E-state index contributed by atoms with van der Waals surface area (Å²) in [5.74, 6) is -0.0157. The molecule has 110 valence electrons. The molecule has 20 heavy (non-hydrogen) atoms. The maximum atomic E-state index is 12.1. The molecule has 1 N–H and O–H groups in total. The Morgan fingerprint density at radius 2 is 2.20 bits per heavy atom. The number of rotatable bonds is 6. The molecule has 1 aliphatic rings. The zero-order valence-corrected chi connectivity index (χ0v) is 14.0. The molecule has 1 aromatic heterocycles. The Kier molecular flexibility index (Phi) is 5.21. The third kappa shape index (κ3) is 3.41. The molecule has 1 atom stereocenters. The quantitative estimate of drug-likeness (QED) is 0.618. The van der Waals surface area contributed by atoms with Gasteiger partial charge in [-0.25, -0.2) is 4.79 Å². The Labute approximate surface area is 131 Å². The molecular formula is C14H18BrNO3S. The standard InChI is InChI=1S/C14H18BrNO3S/c1-3-10(15)12(17)16-13-11(14(18)19-4-2)9(7-20-13)8-5-6-8/h7-8,10H,3-6H2,1-2H3,(H,16,17). The summed E-state index contributed by atoms with van der Waals surface area (Å²) in [7, 11) is 0. The van der Waals surface area contributed by atoms with E-state index in [4.69, 9.17) is 4.74 Å². The first-order valence-electron chi connectivity index (χ1n) is 6.81. The van der Waals surface area contributed by atoms with Crippen LogP contribution in [0.15, 0.2) is 5.38 Å². The smallest absolute Gasteiger partial charge is 0.341 e. The summed E-state index contributed by atoms with van der Waals surface area (Å²) in [6.45, 7) is 4.04. The van der Waals surface area contributed by atoms with Crippen molar-refractivity contribution in [3.05, 3.63) is 16.5 Å². The zero-order chi connectivity index (χ0) is 14.7. The van der Waals surface area contributed by atoms with Gasteiger partial charge in [0.05, 0.1) is 17.0 Å². The highest BCUT2D eigenvalue weighted by Gasteiger charge is 2.32. The molecule has 4 nitrogen and oxygen atoms in total. The van der Waals surface area contributed by atoms with Crippen molar-refractivity contribution < 1.29 is 14.3 Å². The molecular weight excluding hydrogens is 342 g/mol. The Balaban J connectivity index is 2.23. The molecule has 1 aliphatic carbocycles. The van der Waals surface area contributed by atoms with Gasteiger partial charge in [0, 0.05) is 0 Å². The van der Waals surface area contributed by atoms with Gasteiger partial charge in [0.25, 0.3) is 0 Å². The normalized spacial score (nSPS) is 15.8. The van der Waals surface area contributed by atoms with Crippen LogP contribution in [0.2, 0.25) is 0 Å². The van der Waals surface area contributed by atoms with Crippen LogP contribution in [-0.4, -0.2) is 23.3 Å². The van der Waals surface area contributed by atoms with Gasteiger partial charge in [-0.3, -0.25) is 4.79 Å². The molecule has 0 radical (unpaired) electrons. The molecule has 2 rings (SSSR count). The molecule has 0 aromatic carbocycles. The maximum absolute atomic E-state index is 12.1. The fraction of sp³-hybridized carbons (Fsp3) is 0.571. The minimum atomic E-state index is -0.339. The Hall–Kier alpha value is -0.880. The number of hydrogen-bond donors (Lipinski definition) is 1. The highest BCUT2D eigenvalue weighted by atomic mass is 79.9. The summed E-state index contributed by atoms with van der Waals surface area (Å²) in [5, 5.41) is 5.41. The molecule has 1 saturated carbocycles. The van der Waals surface area contributed by atoms with Crippen LogP contribution in [0.5, 0.6) is 0 Å². The van der Waals surface area contributed by atoms with E-state index >= 15 is 0 Å². The molecule has 1 aromatic rings. The van der Waals surface area contributed by atoms with Crippen molar-refractivity contribution in [1.82, 2.24) is 0 Å². The number of carbonyl (C=O) groups is 2. The third-order valence-corrected chi connectivity index (χ3v) is 5.17. The SMILES string of the molecule is CCOC(=O)c1c(C2CC2)csc1NC(=O)C(Br)CC. The molecule has 0 spiro atoms. The highest BCUT2D eigenvalue weighted by molar-refractivity contribution is 9.10. The van der Waals surface area contributed by atoms with Crippen LogP contribution in [0.3, 0.4) is 0 Å². The largest absolute Gasteiger partial charge is 0.462 e. The molecule has 0 saturated heterocycles. The zero-order valence-electron chi connectivity index (χ0n) is 11.6.